The molecule has 1 N–H and O–H groups in total. The van der Waals surface area contributed by atoms with Crippen molar-refractivity contribution in [2.75, 3.05) is 6.61 Å². The van der Waals surface area contributed by atoms with E-state index in [-0.39, 0.29) is 12.0 Å². The molecule has 2 rings (SSSR count). The van der Waals surface area contributed by atoms with Crippen molar-refractivity contribution in [2.45, 2.75) is 25.7 Å². The van der Waals surface area contributed by atoms with Crippen LogP contribution >= 0.6 is 0 Å². The fraction of sp³-hybridized carbons (Fsp3) is 0.700. The van der Waals surface area contributed by atoms with Crippen LogP contribution in [0.2, 0.25) is 0 Å². The van der Waals surface area contributed by atoms with Gasteiger partial charge >= 0.3 is 0 Å². The number of carbonyl (C=O) groups is 1. The summed E-state index contributed by atoms with van der Waals surface area (Å²) in [4.78, 5) is 9.90. The fourth-order valence-corrected chi connectivity index (χ4v) is 0.847. The number of carbonyl (C=O) groups excluding carboxylic acids is 1. The summed E-state index contributed by atoms with van der Waals surface area (Å²) in [5, 5.41) is 24.9. The molecule has 0 spiro atoms. The van der Waals surface area contributed by atoms with Crippen LogP contribution in [-0.4, -0.2) is 18.0 Å². The van der Waals surface area contributed by atoms with Crippen molar-refractivity contribution in [3.05, 3.63) is 0 Å². The van der Waals surface area contributed by atoms with E-state index in [4.69, 9.17) is 15.6 Å². The highest BCUT2D eigenvalue weighted by molar-refractivity contribution is 5.67. The lowest BCUT2D eigenvalue weighted by molar-refractivity contribution is -0.110. The van der Waals surface area contributed by atoms with Crippen molar-refractivity contribution in [2.24, 2.45) is 10.8 Å². The molecular weight excluding hydrogens is 180 g/mol. The van der Waals surface area contributed by atoms with Crippen molar-refractivity contribution < 1.29 is 9.90 Å². The zero-order chi connectivity index (χ0) is 10.7. The first-order valence-corrected chi connectivity index (χ1v) is 4.56. The van der Waals surface area contributed by atoms with Gasteiger partial charge in [0.2, 0.25) is 0 Å². The Morgan fingerprint density at radius 2 is 1.79 bits per heavy atom. The van der Waals surface area contributed by atoms with E-state index in [9.17, 15) is 4.79 Å². The fourth-order valence-electron chi connectivity index (χ4n) is 0.847. The van der Waals surface area contributed by atoms with E-state index in [2.05, 4.69) is 6.07 Å². The first kappa shape index (κ1) is 10.7. The van der Waals surface area contributed by atoms with Crippen LogP contribution in [0.1, 0.15) is 25.7 Å². The minimum Gasteiger partial charge on any atom is -0.395 e. The van der Waals surface area contributed by atoms with Crippen LogP contribution in [0.3, 0.4) is 0 Å². The molecule has 0 amide bonds. The maximum absolute atomic E-state index is 9.90. The minimum atomic E-state index is -0.542. The number of nitriles is 2. The van der Waals surface area contributed by atoms with Crippen LogP contribution in [0, 0.1) is 33.5 Å². The molecular formula is C10H12N2O2. The molecule has 74 valence electrons. The standard InChI is InChI=1S/C5H7NO.C5H5NO/c2*6-3-5(4-7)1-2-5/h7H,1-2,4H2;4H,1-2H2. The van der Waals surface area contributed by atoms with Gasteiger partial charge in [0, 0.05) is 0 Å². The smallest absolute Gasteiger partial charge is 0.140 e. The predicted molar refractivity (Wildman–Crippen MR) is 47.7 cm³/mol. The Morgan fingerprint density at radius 3 is 1.79 bits per heavy atom. The van der Waals surface area contributed by atoms with E-state index in [1.165, 1.54) is 0 Å². The molecule has 2 aliphatic carbocycles. The number of aliphatic hydroxyl groups is 1. The number of nitrogens with zero attached hydrogens (tertiary/aromatic N) is 2. The van der Waals surface area contributed by atoms with Gasteiger partial charge in [-0.05, 0) is 25.7 Å². The Morgan fingerprint density at radius 1 is 1.21 bits per heavy atom. The maximum Gasteiger partial charge on any atom is 0.140 e. The largest absolute Gasteiger partial charge is 0.395 e. The van der Waals surface area contributed by atoms with E-state index in [0.29, 0.717) is 0 Å². The molecule has 14 heavy (non-hydrogen) atoms. The molecule has 0 radical (unpaired) electrons. The highest BCUT2D eigenvalue weighted by atomic mass is 16.3. The molecule has 4 nitrogen and oxygen atoms in total. The normalized spacial score (nSPS) is 23.1. The van der Waals surface area contributed by atoms with E-state index in [1.54, 1.807) is 0 Å². The average Bonchev–Trinajstić information content (AvgIpc) is 3.15. The summed E-state index contributed by atoms with van der Waals surface area (Å²) in [5.41, 5.74) is -0.847. The first-order chi connectivity index (χ1) is 6.66. The van der Waals surface area contributed by atoms with Gasteiger partial charge in [0.05, 0.1) is 24.2 Å². The van der Waals surface area contributed by atoms with Crippen LogP contribution < -0.4 is 0 Å². The zero-order valence-corrected chi connectivity index (χ0v) is 7.86. The second kappa shape index (κ2) is 3.77. The number of aliphatic hydroxyl groups excluding tert-OH is 1. The van der Waals surface area contributed by atoms with Gasteiger partial charge in [-0.3, -0.25) is 0 Å². The highest BCUT2D eigenvalue weighted by Gasteiger charge is 2.43. The Labute approximate surface area is 82.8 Å². The summed E-state index contributed by atoms with van der Waals surface area (Å²) in [6, 6.07) is 3.99. The van der Waals surface area contributed by atoms with Crippen LogP contribution in [0.15, 0.2) is 0 Å². The molecule has 0 saturated heterocycles. The Hall–Kier alpha value is -1.39. The lowest BCUT2D eigenvalue weighted by atomic mass is 10.2. The van der Waals surface area contributed by atoms with Crippen molar-refractivity contribution >= 4 is 6.29 Å². The summed E-state index contributed by atoms with van der Waals surface area (Å²) in [6.07, 6.45) is 4.06. The van der Waals surface area contributed by atoms with Crippen LogP contribution in [0.5, 0.6) is 0 Å². The molecule has 0 aromatic heterocycles. The molecule has 4 heteroatoms. The van der Waals surface area contributed by atoms with Gasteiger partial charge in [-0.25, -0.2) is 0 Å². The van der Waals surface area contributed by atoms with E-state index in [1.807, 2.05) is 6.07 Å². The highest BCUT2D eigenvalue weighted by Crippen LogP contribution is 2.43. The Kier molecular flexibility index (Phi) is 2.88. The van der Waals surface area contributed by atoms with Crippen molar-refractivity contribution in [3.63, 3.8) is 0 Å². The Bertz CT molecular complexity index is 303. The number of hydrogen-bond donors (Lipinski definition) is 1. The molecule has 0 bridgehead atoms. The third kappa shape index (κ3) is 2.31. The third-order valence-electron chi connectivity index (χ3n) is 2.63. The molecule has 0 aliphatic heterocycles. The number of hydrogen-bond acceptors (Lipinski definition) is 4. The van der Waals surface area contributed by atoms with Gasteiger partial charge in [-0.2, -0.15) is 10.5 Å². The van der Waals surface area contributed by atoms with Crippen LogP contribution in [-0.2, 0) is 4.79 Å². The lowest BCUT2D eigenvalue weighted by Gasteiger charge is -1.92. The monoisotopic (exact) mass is 192 g/mol. The summed E-state index contributed by atoms with van der Waals surface area (Å²) >= 11 is 0. The third-order valence-corrected chi connectivity index (χ3v) is 2.63. The van der Waals surface area contributed by atoms with Crippen molar-refractivity contribution in [3.8, 4) is 12.1 Å². The molecule has 0 heterocycles. The summed E-state index contributed by atoms with van der Waals surface area (Å²) in [6.45, 7) is 0.0451. The molecule has 0 aromatic rings. The molecule has 0 unspecified atom stereocenters. The molecule has 0 aromatic carbocycles. The quantitative estimate of drug-likeness (QED) is 0.655. The van der Waals surface area contributed by atoms with Gasteiger partial charge in [0.15, 0.2) is 0 Å². The predicted octanol–water partition coefficient (Wildman–Crippen LogP) is 0.772. The second-order valence-corrected chi connectivity index (χ2v) is 3.94. The average molecular weight is 192 g/mol. The molecule has 2 aliphatic rings. The van der Waals surface area contributed by atoms with Crippen molar-refractivity contribution in [1.29, 1.82) is 10.5 Å². The number of aldehydes is 1. The van der Waals surface area contributed by atoms with Gasteiger partial charge < -0.3 is 9.90 Å². The van der Waals surface area contributed by atoms with Gasteiger partial charge in [0.25, 0.3) is 0 Å². The second-order valence-electron chi connectivity index (χ2n) is 3.94. The van der Waals surface area contributed by atoms with E-state index >= 15 is 0 Å². The van der Waals surface area contributed by atoms with Gasteiger partial charge in [-0.1, -0.05) is 0 Å². The van der Waals surface area contributed by atoms with Crippen LogP contribution in [0.4, 0.5) is 0 Å². The Balaban J connectivity index is 0.000000140. The molecule has 2 saturated carbocycles. The van der Waals surface area contributed by atoms with Crippen molar-refractivity contribution in [1.82, 2.24) is 0 Å². The summed E-state index contributed by atoms with van der Waals surface area (Å²) in [5.74, 6) is 0. The lowest BCUT2D eigenvalue weighted by Crippen LogP contribution is -2.00. The van der Waals surface area contributed by atoms with Gasteiger partial charge in [0.1, 0.15) is 11.7 Å². The SMILES string of the molecule is N#CC1(C=O)CC1.N#CC1(CO)CC1. The minimum absolute atomic E-state index is 0.0451. The summed E-state index contributed by atoms with van der Waals surface area (Å²) in [7, 11) is 0. The molecule has 0 atom stereocenters. The van der Waals surface area contributed by atoms with Gasteiger partial charge in [-0.15, -0.1) is 0 Å². The van der Waals surface area contributed by atoms with Crippen LogP contribution in [0.25, 0.3) is 0 Å². The van der Waals surface area contributed by atoms with E-state index < -0.39 is 5.41 Å². The maximum atomic E-state index is 9.90. The number of rotatable bonds is 2. The molecule has 2 fully saturated rings. The topological polar surface area (TPSA) is 84.9 Å². The zero-order valence-electron chi connectivity index (χ0n) is 7.86. The first-order valence-electron chi connectivity index (χ1n) is 4.56. The van der Waals surface area contributed by atoms with E-state index in [0.717, 1.165) is 32.0 Å². The summed E-state index contributed by atoms with van der Waals surface area (Å²) < 4.78 is 0.